The van der Waals surface area contributed by atoms with Crippen molar-refractivity contribution in [2.24, 2.45) is 5.73 Å². The van der Waals surface area contributed by atoms with Gasteiger partial charge in [-0.05, 0) is 18.1 Å². The molecule has 2 N–H and O–H groups in total. The number of hydrogen-bond donors (Lipinski definition) is 1. The normalized spacial score (nSPS) is 14.1. The van der Waals surface area contributed by atoms with Gasteiger partial charge in [0.2, 0.25) is 0 Å². The van der Waals surface area contributed by atoms with E-state index in [1.807, 2.05) is 13.0 Å². The third-order valence-corrected chi connectivity index (χ3v) is 3.45. The first kappa shape index (κ1) is 14.6. The molecule has 0 aliphatic heterocycles. The van der Waals surface area contributed by atoms with Crippen molar-refractivity contribution >= 4 is 0 Å². The summed E-state index contributed by atoms with van der Waals surface area (Å²) in [5.41, 5.74) is 5.82. The lowest BCUT2D eigenvalue weighted by molar-refractivity contribution is 0.405. The molecule has 2 rings (SSSR count). The summed E-state index contributed by atoms with van der Waals surface area (Å²) in [6.07, 6.45) is 1.11. The average Bonchev–Trinajstić information content (AvgIpc) is 2.46. The molecule has 1 unspecified atom stereocenters. The fraction of sp³-hybridized carbons (Fsp3) is 0.250. The lowest BCUT2D eigenvalue weighted by Crippen LogP contribution is -2.39. The predicted molar refractivity (Wildman–Crippen MR) is 72.6 cm³/mol. The van der Waals surface area contributed by atoms with E-state index in [1.165, 1.54) is 6.07 Å². The summed E-state index contributed by atoms with van der Waals surface area (Å²) >= 11 is 0. The van der Waals surface area contributed by atoms with Crippen molar-refractivity contribution in [3.63, 3.8) is 0 Å². The zero-order valence-corrected chi connectivity index (χ0v) is 11.2. The second-order valence-electron chi connectivity index (χ2n) is 4.81. The molecular formula is C16H16F3N. The lowest BCUT2D eigenvalue weighted by Gasteiger charge is -2.31. The van der Waals surface area contributed by atoms with Crippen LogP contribution >= 0.6 is 0 Å². The number of hydrogen-bond acceptors (Lipinski definition) is 1. The van der Waals surface area contributed by atoms with Crippen molar-refractivity contribution < 1.29 is 13.2 Å². The smallest absolute Gasteiger partial charge is 0.194 e. The van der Waals surface area contributed by atoms with Crippen LogP contribution in [0.5, 0.6) is 0 Å². The van der Waals surface area contributed by atoms with Crippen LogP contribution in [0.15, 0.2) is 42.5 Å². The van der Waals surface area contributed by atoms with E-state index in [9.17, 15) is 13.2 Å². The third-order valence-electron chi connectivity index (χ3n) is 3.45. The maximum absolute atomic E-state index is 14.1. The zero-order valence-electron chi connectivity index (χ0n) is 11.2. The largest absolute Gasteiger partial charge is 0.318 e. The van der Waals surface area contributed by atoms with Gasteiger partial charge in [0.25, 0.3) is 0 Å². The van der Waals surface area contributed by atoms with E-state index in [1.54, 1.807) is 24.3 Å². The van der Waals surface area contributed by atoms with Crippen LogP contribution in [0.2, 0.25) is 0 Å². The molecule has 0 aliphatic rings. The first-order valence-corrected chi connectivity index (χ1v) is 6.49. The third kappa shape index (κ3) is 2.43. The number of benzene rings is 2. The number of rotatable bonds is 4. The minimum absolute atomic E-state index is 0.0237. The molecular weight excluding hydrogens is 263 g/mol. The van der Waals surface area contributed by atoms with Crippen LogP contribution in [0.3, 0.4) is 0 Å². The van der Waals surface area contributed by atoms with Crippen molar-refractivity contribution in [3.05, 3.63) is 71.0 Å². The molecule has 0 heterocycles. The molecule has 20 heavy (non-hydrogen) atoms. The first-order valence-electron chi connectivity index (χ1n) is 6.49. The SMILES string of the molecule is CCCC(N)(c1ccccc1)c1ccc(F)c(F)c1F. The van der Waals surface area contributed by atoms with Crippen LogP contribution < -0.4 is 5.73 Å². The van der Waals surface area contributed by atoms with Gasteiger partial charge in [-0.3, -0.25) is 0 Å². The highest BCUT2D eigenvalue weighted by molar-refractivity contribution is 5.39. The van der Waals surface area contributed by atoms with Crippen LogP contribution in [-0.2, 0) is 5.54 Å². The van der Waals surface area contributed by atoms with Gasteiger partial charge < -0.3 is 5.73 Å². The van der Waals surface area contributed by atoms with Crippen LogP contribution in [0.25, 0.3) is 0 Å². The van der Waals surface area contributed by atoms with Gasteiger partial charge in [-0.2, -0.15) is 0 Å². The van der Waals surface area contributed by atoms with Gasteiger partial charge in [0.1, 0.15) is 0 Å². The Morgan fingerprint density at radius 3 is 2.20 bits per heavy atom. The van der Waals surface area contributed by atoms with Gasteiger partial charge in [0.05, 0.1) is 5.54 Å². The van der Waals surface area contributed by atoms with E-state index in [-0.39, 0.29) is 5.56 Å². The molecule has 0 spiro atoms. The molecule has 4 heteroatoms. The Morgan fingerprint density at radius 1 is 0.950 bits per heavy atom. The summed E-state index contributed by atoms with van der Waals surface area (Å²) in [5, 5.41) is 0. The summed E-state index contributed by atoms with van der Waals surface area (Å²) in [6.45, 7) is 1.91. The highest BCUT2D eigenvalue weighted by Crippen LogP contribution is 2.34. The summed E-state index contributed by atoms with van der Waals surface area (Å²) in [7, 11) is 0. The van der Waals surface area contributed by atoms with Gasteiger partial charge in [0, 0.05) is 5.56 Å². The topological polar surface area (TPSA) is 26.0 Å². The van der Waals surface area contributed by atoms with E-state index >= 15 is 0 Å². The Balaban J connectivity index is 2.63. The molecule has 1 atom stereocenters. The molecule has 0 bridgehead atoms. The van der Waals surface area contributed by atoms with Gasteiger partial charge in [-0.25, -0.2) is 13.2 Å². The molecule has 0 saturated carbocycles. The highest BCUT2D eigenvalue weighted by atomic mass is 19.2. The molecule has 0 aliphatic carbocycles. The van der Waals surface area contributed by atoms with Crippen LogP contribution in [0.4, 0.5) is 13.2 Å². The van der Waals surface area contributed by atoms with Crippen LogP contribution in [0, 0.1) is 17.5 Å². The van der Waals surface area contributed by atoms with Gasteiger partial charge in [-0.15, -0.1) is 0 Å². The predicted octanol–water partition coefficient (Wildman–Crippen LogP) is 4.11. The highest BCUT2D eigenvalue weighted by Gasteiger charge is 2.33. The average molecular weight is 279 g/mol. The molecule has 2 aromatic rings. The second kappa shape index (κ2) is 5.67. The molecule has 106 valence electrons. The Kier molecular flexibility index (Phi) is 4.14. The fourth-order valence-corrected chi connectivity index (χ4v) is 2.43. The van der Waals surface area contributed by atoms with E-state index in [0.717, 1.165) is 6.07 Å². The minimum Gasteiger partial charge on any atom is -0.318 e. The molecule has 1 nitrogen and oxygen atoms in total. The number of nitrogens with two attached hydrogens (primary N) is 1. The van der Waals surface area contributed by atoms with Gasteiger partial charge in [-0.1, -0.05) is 49.7 Å². The van der Waals surface area contributed by atoms with E-state index in [4.69, 9.17) is 5.73 Å². The van der Waals surface area contributed by atoms with E-state index in [0.29, 0.717) is 18.4 Å². The molecule has 2 aromatic carbocycles. The maximum atomic E-state index is 14.1. The summed E-state index contributed by atoms with van der Waals surface area (Å²) in [5.74, 6) is -3.91. The minimum atomic E-state index is -1.48. The Morgan fingerprint density at radius 2 is 1.60 bits per heavy atom. The molecule has 0 amide bonds. The summed E-state index contributed by atoms with van der Waals surface area (Å²) < 4.78 is 40.6. The van der Waals surface area contributed by atoms with Crippen LogP contribution in [0.1, 0.15) is 30.9 Å². The standard InChI is InChI=1S/C16H16F3N/c1-2-10-16(20,11-6-4-3-5-7-11)12-8-9-13(17)15(19)14(12)18/h3-9H,2,10,20H2,1H3. The molecule has 0 radical (unpaired) electrons. The van der Waals surface area contributed by atoms with Crippen molar-refractivity contribution in [1.82, 2.24) is 0 Å². The van der Waals surface area contributed by atoms with E-state index in [2.05, 4.69) is 0 Å². The quantitative estimate of drug-likeness (QED) is 0.838. The fourth-order valence-electron chi connectivity index (χ4n) is 2.43. The van der Waals surface area contributed by atoms with Crippen molar-refractivity contribution in [2.75, 3.05) is 0 Å². The monoisotopic (exact) mass is 279 g/mol. The molecule has 0 fully saturated rings. The number of halogens is 3. The summed E-state index contributed by atoms with van der Waals surface area (Å²) in [4.78, 5) is 0. The Bertz CT molecular complexity index is 598. The van der Waals surface area contributed by atoms with Crippen molar-refractivity contribution in [2.45, 2.75) is 25.3 Å². The lowest BCUT2D eigenvalue weighted by atomic mass is 9.80. The molecule has 0 aromatic heterocycles. The maximum Gasteiger partial charge on any atom is 0.194 e. The van der Waals surface area contributed by atoms with Crippen LogP contribution in [-0.4, -0.2) is 0 Å². The van der Waals surface area contributed by atoms with Gasteiger partial charge in [0.15, 0.2) is 17.5 Å². The first-order chi connectivity index (χ1) is 9.50. The van der Waals surface area contributed by atoms with Gasteiger partial charge >= 0.3 is 0 Å². The van der Waals surface area contributed by atoms with Crippen molar-refractivity contribution in [1.29, 1.82) is 0 Å². The zero-order chi connectivity index (χ0) is 14.8. The Labute approximate surface area is 116 Å². The second-order valence-corrected chi connectivity index (χ2v) is 4.81. The Hall–Kier alpha value is -1.81. The van der Waals surface area contributed by atoms with Crippen molar-refractivity contribution in [3.8, 4) is 0 Å². The summed E-state index contributed by atoms with van der Waals surface area (Å²) in [6, 6.07) is 11.0. The van der Waals surface area contributed by atoms with E-state index < -0.39 is 23.0 Å². The molecule has 0 saturated heterocycles.